The molecule has 23 heavy (non-hydrogen) atoms. The summed E-state index contributed by atoms with van der Waals surface area (Å²) in [6.45, 7) is 1.91. The van der Waals surface area contributed by atoms with Crippen molar-refractivity contribution in [2.24, 2.45) is 5.92 Å². The largest absolute Gasteiger partial charge is 0.438 e. The number of hydrogen-bond acceptors (Lipinski definition) is 6. The van der Waals surface area contributed by atoms with E-state index in [-0.39, 0.29) is 24.2 Å². The van der Waals surface area contributed by atoms with E-state index >= 15 is 0 Å². The van der Waals surface area contributed by atoms with Crippen LogP contribution in [0.5, 0.6) is 0 Å². The Morgan fingerprint density at radius 2 is 2.13 bits per heavy atom. The van der Waals surface area contributed by atoms with Crippen LogP contribution in [-0.4, -0.2) is 26.0 Å². The van der Waals surface area contributed by atoms with Crippen LogP contribution in [0.4, 0.5) is 0 Å². The van der Waals surface area contributed by atoms with Gasteiger partial charge in [-0.2, -0.15) is 0 Å². The summed E-state index contributed by atoms with van der Waals surface area (Å²) in [5, 5.41) is 6.17. The summed E-state index contributed by atoms with van der Waals surface area (Å²) < 4.78 is 4.36. The van der Waals surface area contributed by atoms with Gasteiger partial charge in [-0.05, 0) is 12.1 Å². The van der Waals surface area contributed by atoms with Crippen LogP contribution in [0.3, 0.4) is 0 Å². The van der Waals surface area contributed by atoms with E-state index in [4.69, 9.17) is 0 Å². The predicted octanol–water partition coefficient (Wildman–Crippen LogP) is 0.801. The predicted molar refractivity (Wildman–Crippen MR) is 81.4 cm³/mol. The molecule has 8 heteroatoms. The number of fused-ring (bicyclic) bond motifs is 1. The maximum atomic E-state index is 12.1. The SMILES string of the molecule is CC(Cc1cnc2ccccc2n1)C(=O)NCc1noc(=O)[nH]1. The van der Waals surface area contributed by atoms with E-state index in [1.165, 1.54) is 0 Å². The van der Waals surface area contributed by atoms with Crippen molar-refractivity contribution in [3.8, 4) is 0 Å². The zero-order valence-corrected chi connectivity index (χ0v) is 12.4. The molecule has 3 aromatic rings. The minimum absolute atomic E-state index is 0.109. The number of nitrogens with one attached hydrogen (secondary N) is 2. The monoisotopic (exact) mass is 313 g/mol. The second kappa shape index (κ2) is 6.39. The van der Waals surface area contributed by atoms with Gasteiger partial charge in [0.2, 0.25) is 5.91 Å². The number of rotatable bonds is 5. The van der Waals surface area contributed by atoms with Gasteiger partial charge in [-0.3, -0.25) is 19.3 Å². The normalized spacial score (nSPS) is 12.2. The highest BCUT2D eigenvalue weighted by Crippen LogP contribution is 2.11. The van der Waals surface area contributed by atoms with Crippen molar-refractivity contribution < 1.29 is 9.32 Å². The summed E-state index contributed by atoms with van der Waals surface area (Å²) in [5.41, 5.74) is 2.38. The molecule has 2 aromatic heterocycles. The molecule has 0 aliphatic heterocycles. The fourth-order valence-electron chi connectivity index (χ4n) is 2.18. The molecular formula is C15H15N5O3. The average molecular weight is 313 g/mol. The second-order valence-electron chi connectivity index (χ2n) is 5.21. The van der Waals surface area contributed by atoms with Gasteiger partial charge in [0.25, 0.3) is 0 Å². The summed E-state index contributed by atoms with van der Waals surface area (Å²) >= 11 is 0. The van der Waals surface area contributed by atoms with Crippen molar-refractivity contribution >= 4 is 16.9 Å². The third-order valence-corrected chi connectivity index (χ3v) is 3.38. The molecule has 1 atom stereocenters. The summed E-state index contributed by atoms with van der Waals surface area (Å²) in [6, 6.07) is 7.58. The molecule has 0 aliphatic rings. The van der Waals surface area contributed by atoms with Gasteiger partial charge < -0.3 is 5.32 Å². The number of hydrogen-bond donors (Lipinski definition) is 2. The summed E-state index contributed by atoms with van der Waals surface area (Å²) in [4.78, 5) is 34.1. The minimum atomic E-state index is -0.645. The summed E-state index contributed by atoms with van der Waals surface area (Å²) in [5.74, 6) is -0.817. The fourth-order valence-corrected chi connectivity index (χ4v) is 2.18. The maximum Gasteiger partial charge on any atom is 0.438 e. The molecule has 0 aliphatic carbocycles. The van der Waals surface area contributed by atoms with E-state index in [2.05, 4.69) is 29.9 Å². The lowest BCUT2D eigenvalue weighted by atomic mass is 10.0. The zero-order valence-electron chi connectivity index (χ0n) is 12.4. The Morgan fingerprint density at radius 3 is 2.87 bits per heavy atom. The van der Waals surface area contributed by atoms with Crippen LogP contribution in [-0.2, 0) is 17.8 Å². The first-order chi connectivity index (χ1) is 11.1. The molecule has 0 fully saturated rings. The van der Waals surface area contributed by atoms with Gasteiger partial charge in [-0.1, -0.05) is 24.2 Å². The first kappa shape index (κ1) is 14.9. The standard InChI is InChI=1S/C15H15N5O3/c1-9(14(21)17-8-13-19-15(22)23-20-13)6-10-7-16-11-4-2-3-5-12(11)18-10/h2-5,7,9H,6,8H2,1H3,(H,17,21)(H,19,20,22). The van der Waals surface area contributed by atoms with Crippen molar-refractivity contribution in [2.75, 3.05) is 0 Å². The van der Waals surface area contributed by atoms with Crippen molar-refractivity contribution in [3.05, 3.63) is 52.5 Å². The zero-order chi connectivity index (χ0) is 16.2. The Kier molecular flexibility index (Phi) is 4.13. The van der Waals surface area contributed by atoms with Gasteiger partial charge in [0, 0.05) is 18.5 Å². The number of benzene rings is 1. The van der Waals surface area contributed by atoms with Crippen LogP contribution in [0.2, 0.25) is 0 Å². The number of aromatic nitrogens is 4. The van der Waals surface area contributed by atoms with Crippen molar-refractivity contribution in [3.63, 3.8) is 0 Å². The Bertz CT molecular complexity index is 886. The molecule has 0 saturated heterocycles. The molecule has 1 amide bonds. The molecular weight excluding hydrogens is 298 g/mol. The molecule has 0 spiro atoms. The van der Waals surface area contributed by atoms with E-state index in [1.807, 2.05) is 24.3 Å². The Balaban J connectivity index is 1.61. The van der Waals surface area contributed by atoms with Gasteiger partial charge in [0.1, 0.15) is 0 Å². The number of para-hydroxylation sites is 2. The van der Waals surface area contributed by atoms with E-state index in [0.29, 0.717) is 6.42 Å². The van der Waals surface area contributed by atoms with Gasteiger partial charge in [0.15, 0.2) is 5.82 Å². The summed E-state index contributed by atoms with van der Waals surface area (Å²) in [6.07, 6.45) is 2.15. The Labute approximate surface area is 130 Å². The van der Waals surface area contributed by atoms with Crippen LogP contribution in [0.15, 0.2) is 39.8 Å². The number of amides is 1. The third-order valence-electron chi connectivity index (χ3n) is 3.38. The maximum absolute atomic E-state index is 12.1. The van der Waals surface area contributed by atoms with E-state index in [0.717, 1.165) is 16.7 Å². The smallest absolute Gasteiger partial charge is 0.349 e. The quantitative estimate of drug-likeness (QED) is 0.720. The molecule has 118 valence electrons. The fraction of sp³-hybridized carbons (Fsp3) is 0.267. The Hall–Kier alpha value is -3.03. The topological polar surface area (TPSA) is 114 Å². The van der Waals surface area contributed by atoms with Crippen molar-refractivity contribution in [1.82, 2.24) is 25.4 Å². The van der Waals surface area contributed by atoms with E-state index < -0.39 is 5.76 Å². The lowest BCUT2D eigenvalue weighted by Gasteiger charge is -2.11. The van der Waals surface area contributed by atoms with Crippen LogP contribution < -0.4 is 11.1 Å². The molecule has 8 nitrogen and oxygen atoms in total. The first-order valence-corrected chi connectivity index (χ1v) is 7.15. The van der Waals surface area contributed by atoms with Crippen LogP contribution in [0, 0.1) is 5.92 Å². The van der Waals surface area contributed by atoms with Gasteiger partial charge in [-0.15, -0.1) is 0 Å². The first-order valence-electron chi connectivity index (χ1n) is 7.15. The number of carbonyl (C=O) groups is 1. The highest BCUT2D eigenvalue weighted by molar-refractivity contribution is 5.78. The lowest BCUT2D eigenvalue weighted by Crippen LogP contribution is -2.30. The van der Waals surface area contributed by atoms with Crippen LogP contribution in [0.1, 0.15) is 18.4 Å². The van der Waals surface area contributed by atoms with Crippen molar-refractivity contribution in [2.45, 2.75) is 19.9 Å². The van der Waals surface area contributed by atoms with Gasteiger partial charge in [0.05, 0.1) is 23.3 Å². The second-order valence-corrected chi connectivity index (χ2v) is 5.21. The average Bonchev–Trinajstić information content (AvgIpc) is 2.98. The molecule has 2 N–H and O–H groups in total. The van der Waals surface area contributed by atoms with Crippen molar-refractivity contribution in [1.29, 1.82) is 0 Å². The molecule has 2 heterocycles. The van der Waals surface area contributed by atoms with E-state index in [1.54, 1.807) is 13.1 Å². The lowest BCUT2D eigenvalue weighted by molar-refractivity contribution is -0.124. The minimum Gasteiger partial charge on any atom is -0.349 e. The van der Waals surface area contributed by atoms with Crippen LogP contribution >= 0.6 is 0 Å². The number of carbonyl (C=O) groups excluding carboxylic acids is 1. The number of aromatic amines is 1. The van der Waals surface area contributed by atoms with E-state index in [9.17, 15) is 9.59 Å². The third kappa shape index (κ3) is 3.60. The molecule has 0 radical (unpaired) electrons. The number of nitrogens with zero attached hydrogens (tertiary/aromatic N) is 3. The summed E-state index contributed by atoms with van der Waals surface area (Å²) in [7, 11) is 0. The molecule has 1 unspecified atom stereocenters. The van der Waals surface area contributed by atoms with Gasteiger partial charge >= 0.3 is 5.76 Å². The Morgan fingerprint density at radius 1 is 1.35 bits per heavy atom. The molecule has 3 rings (SSSR count). The number of H-pyrrole nitrogens is 1. The molecule has 1 aromatic carbocycles. The van der Waals surface area contributed by atoms with Crippen LogP contribution in [0.25, 0.3) is 11.0 Å². The highest BCUT2D eigenvalue weighted by Gasteiger charge is 2.15. The molecule has 0 saturated carbocycles. The molecule has 0 bridgehead atoms. The highest BCUT2D eigenvalue weighted by atomic mass is 16.5. The van der Waals surface area contributed by atoms with Gasteiger partial charge in [-0.25, -0.2) is 9.78 Å².